The van der Waals surface area contributed by atoms with Gasteiger partial charge >= 0.3 is 0 Å². The van der Waals surface area contributed by atoms with Crippen LogP contribution in [0.1, 0.15) is 67.2 Å². The van der Waals surface area contributed by atoms with Gasteiger partial charge in [0.1, 0.15) is 5.54 Å². The summed E-state index contributed by atoms with van der Waals surface area (Å²) < 4.78 is 13.3. The van der Waals surface area contributed by atoms with Crippen molar-refractivity contribution in [3.63, 3.8) is 0 Å². The summed E-state index contributed by atoms with van der Waals surface area (Å²) in [6, 6.07) is 0. The first kappa shape index (κ1) is 25.3. The summed E-state index contributed by atoms with van der Waals surface area (Å²) in [5.41, 5.74) is 2.97. The molecule has 1 aliphatic carbocycles. The van der Waals surface area contributed by atoms with Crippen LogP contribution in [0, 0.1) is 17.3 Å². The Balaban J connectivity index is 2.63. The Morgan fingerprint density at radius 3 is 2.20 bits per heavy atom. The second-order valence-corrected chi connectivity index (χ2v) is 10.1. The quantitative estimate of drug-likeness (QED) is 0.475. The van der Waals surface area contributed by atoms with Gasteiger partial charge < -0.3 is 14.4 Å². The van der Waals surface area contributed by atoms with Gasteiger partial charge in [-0.3, -0.25) is 4.79 Å². The zero-order valence-electron chi connectivity index (χ0n) is 20.6. The molecule has 1 saturated carbocycles. The van der Waals surface area contributed by atoms with Gasteiger partial charge in [-0.2, -0.15) is 0 Å². The summed E-state index contributed by atoms with van der Waals surface area (Å²) in [7, 11) is 3.98. The molecular formula is C24H45N3O3. The minimum atomic E-state index is -0.981. The molecule has 0 bridgehead atoms. The third-order valence-corrected chi connectivity index (χ3v) is 6.56. The van der Waals surface area contributed by atoms with Crippen molar-refractivity contribution in [3.05, 3.63) is 12.2 Å². The molecule has 174 valence electrons. The molecule has 1 amide bonds. The van der Waals surface area contributed by atoms with E-state index in [-0.39, 0.29) is 17.2 Å². The monoisotopic (exact) mass is 423 g/mol. The molecule has 1 N–H and O–H groups in total. The molecule has 1 aliphatic heterocycles. The van der Waals surface area contributed by atoms with E-state index in [9.17, 15) is 4.79 Å². The second-order valence-electron chi connectivity index (χ2n) is 10.1. The molecule has 0 radical (unpaired) electrons. The number of nitrogens with zero attached hydrogens (tertiary/aromatic N) is 2. The highest BCUT2D eigenvalue weighted by Gasteiger charge is 2.63. The topological polar surface area (TPSA) is 54.0 Å². The van der Waals surface area contributed by atoms with Gasteiger partial charge in [0.25, 0.3) is 0 Å². The van der Waals surface area contributed by atoms with Crippen LogP contribution in [0.5, 0.6) is 0 Å². The molecule has 6 heteroatoms. The second kappa shape index (κ2) is 10.1. The Hall–Kier alpha value is -0.950. The molecule has 0 aromatic rings. The number of rotatable bonds is 8. The van der Waals surface area contributed by atoms with E-state index in [0.29, 0.717) is 32.2 Å². The van der Waals surface area contributed by atoms with Crippen molar-refractivity contribution in [2.24, 2.45) is 17.3 Å². The third-order valence-electron chi connectivity index (χ3n) is 6.56. The Bertz CT molecular complexity index is 587. The van der Waals surface area contributed by atoms with Gasteiger partial charge in [0.05, 0.1) is 19.1 Å². The largest absolute Gasteiger partial charge is 0.344 e. The van der Waals surface area contributed by atoms with E-state index >= 15 is 0 Å². The lowest BCUT2D eigenvalue weighted by Gasteiger charge is -2.58. The van der Waals surface area contributed by atoms with Crippen molar-refractivity contribution >= 4 is 5.91 Å². The molecule has 1 heterocycles. The summed E-state index contributed by atoms with van der Waals surface area (Å²) in [5, 5.41) is 1.97. The fourth-order valence-corrected chi connectivity index (χ4v) is 5.03. The van der Waals surface area contributed by atoms with Crippen LogP contribution < -0.4 is 5.43 Å². The summed E-state index contributed by atoms with van der Waals surface area (Å²) in [6.07, 6.45) is 7.77. The number of hydrogen-bond donors (Lipinski definition) is 1. The van der Waals surface area contributed by atoms with E-state index in [1.54, 1.807) is 0 Å². The first-order valence-electron chi connectivity index (χ1n) is 11.8. The number of hydrogen-bond acceptors (Lipinski definition) is 5. The van der Waals surface area contributed by atoms with Gasteiger partial charge in [-0.1, -0.05) is 33.8 Å². The van der Waals surface area contributed by atoms with Gasteiger partial charge in [0.15, 0.2) is 0 Å². The lowest BCUT2D eigenvalue weighted by Crippen LogP contribution is -2.75. The minimum Gasteiger partial charge on any atom is -0.344 e. The van der Waals surface area contributed by atoms with Crippen LogP contribution >= 0.6 is 0 Å². The number of carbonyl (C=O) groups excluding carboxylic acids is 1. The smallest absolute Gasteiger partial charge is 0.227 e. The maximum atomic E-state index is 13.8. The number of hydrazine groups is 1. The van der Waals surface area contributed by atoms with Crippen LogP contribution in [0.4, 0.5) is 0 Å². The minimum absolute atomic E-state index is 0.0540. The summed E-state index contributed by atoms with van der Waals surface area (Å²) in [4.78, 5) is 15.7. The Labute approximate surface area is 184 Å². The van der Waals surface area contributed by atoms with Crippen LogP contribution in [-0.4, -0.2) is 67.5 Å². The summed E-state index contributed by atoms with van der Waals surface area (Å²) in [5.74, 6) is -0.543. The molecule has 0 aromatic carbocycles. The van der Waals surface area contributed by atoms with Crippen LogP contribution in [0.2, 0.25) is 0 Å². The maximum Gasteiger partial charge on any atom is 0.227 e. The van der Waals surface area contributed by atoms with Crippen molar-refractivity contribution in [1.29, 1.82) is 0 Å². The molecule has 30 heavy (non-hydrogen) atoms. The predicted molar refractivity (Wildman–Crippen MR) is 122 cm³/mol. The zero-order valence-corrected chi connectivity index (χ0v) is 20.6. The number of nitrogens with one attached hydrogen (secondary N) is 1. The van der Waals surface area contributed by atoms with Gasteiger partial charge in [-0.15, -0.1) is 0 Å². The Morgan fingerprint density at radius 2 is 1.70 bits per heavy atom. The third kappa shape index (κ3) is 5.09. The van der Waals surface area contributed by atoms with E-state index in [0.717, 1.165) is 25.7 Å². The van der Waals surface area contributed by atoms with Crippen LogP contribution in [-0.2, 0) is 14.3 Å². The predicted octanol–water partition coefficient (Wildman–Crippen LogP) is 3.83. The molecule has 2 fully saturated rings. The lowest BCUT2D eigenvalue weighted by molar-refractivity contribution is -0.323. The normalized spacial score (nSPS) is 31.2. The highest BCUT2D eigenvalue weighted by atomic mass is 16.7. The average molecular weight is 424 g/mol. The molecule has 1 saturated heterocycles. The van der Waals surface area contributed by atoms with Crippen molar-refractivity contribution in [1.82, 2.24) is 15.3 Å². The van der Waals surface area contributed by atoms with Crippen molar-refractivity contribution in [2.45, 2.75) is 78.6 Å². The first-order chi connectivity index (χ1) is 14.1. The number of ether oxygens (including phenoxy) is 2. The summed E-state index contributed by atoms with van der Waals surface area (Å²) >= 11 is 0. The summed E-state index contributed by atoms with van der Waals surface area (Å²) in [6.45, 7) is 15.4. The number of allylic oxidation sites excluding steroid dienone is 1. The van der Waals surface area contributed by atoms with Gasteiger partial charge in [-0.25, -0.2) is 10.4 Å². The fourth-order valence-electron chi connectivity index (χ4n) is 5.03. The molecule has 2 rings (SSSR count). The standard InChI is InChI=1S/C24H45N3O3/c1-9-12-15-24(29-17-22(5,6)18-30-24)23(25-26(7)8)16-19(4)13-14-20(23)21(28)27(10-2)11-3/h12,15,19-20,25H,9-11,13-14,16-18H2,1-8H3/b15-12+/t19-,20+,23+/m0/s1. The highest BCUT2D eigenvalue weighted by Crippen LogP contribution is 2.50. The van der Waals surface area contributed by atoms with Crippen LogP contribution in [0.3, 0.4) is 0 Å². The zero-order chi connectivity index (χ0) is 22.6. The lowest BCUT2D eigenvalue weighted by atomic mass is 9.63. The average Bonchev–Trinajstić information content (AvgIpc) is 2.67. The van der Waals surface area contributed by atoms with Crippen molar-refractivity contribution in [2.75, 3.05) is 40.4 Å². The van der Waals surface area contributed by atoms with E-state index < -0.39 is 11.3 Å². The van der Waals surface area contributed by atoms with Crippen molar-refractivity contribution in [3.8, 4) is 0 Å². The Kier molecular flexibility index (Phi) is 8.53. The molecule has 2 aliphatic rings. The number of amides is 1. The maximum absolute atomic E-state index is 13.8. The Morgan fingerprint density at radius 1 is 1.10 bits per heavy atom. The van der Waals surface area contributed by atoms with E-state index in [1.807, 2.05) is 24.0 Å². The van der Waals surface area contributed by atoms with Crippen molar-refractivity contribution < 1.29 is 14.3 Å². The van der Waals surface area contributed by atoms with E-state index in [2.05, 4.69) is 59.1 Å². The van der Waals surface area contributed by atoms with E-state index in [1.165, 1.54) is 0 Å². The molecule has 0 spiro atoms. The van der Waals surface area contributed by atoms with Gasteiger partial charge in [0, 0.05) is 32.6 Å². The van der Waals surface area contributed by atoms with E-state index in [4.69, 9.17) is 9.47 Å². The molecule has 3 atom stereocenters. The SMILES string of the molecule is CC/C=C/C1([C@@]2(NN(C)C)C[C@@H](C)CC[C@@H]2C(=O)N(CC)CC)OCC(C)(C)CO1. The molecule has 0 aromatic heterocycles. The van der Waals surface area contributed by atoms with Crippen LogP contribution in [0.25, 0.3) is 0 Å². The molecule has 6 nitrogen and oxygen atoms in total. The van der Waals surface area contributed by atoms with Gasteiger partial charge in [-0.05, 0) is 51.5 Å². The fraction of sp³-hybridized carbons (Fsp3) is 0.875. The molecule has 0 unspecified atom stereocenters. The first-order valence-corrected chi connectivity index (χ1v) is 11.8. The van der Waals surface area contributed by atoms with Gasteiger partial charge in [0.2, 0.25) is 11.7 Å². The van der Waals surface area contributed by atoms with Crippen LogP contribution in [0.15, 0.2) is 12.2 Å². The molecular weight excluding hydrogens is 378 g/mol. The highest BCUT2D eigenvalue weighted by molar-refractivity contribution is 5.81. The number of carbonyl (C=O) groups is 1.